The number of aliphatic hydroxyl groups is 1. The smallest absolute Gasteiger partial charge is 0.410 e. The van der Waals surface area contributed by atoms with Gasteiger partial charge in [-0.1, -0.05) is 60.7 Å². The number of benzene rings is 2. The minimum atomic E-state index is -1.27. The molecule has 2 N–H and O–H groups in total. The van der Waals surface area contributed by atoms with Gasteiger partial charge in [-0.25, -0.2) is 9.59 Å². The highest BCUT2D eigenvalue weighted by Crippen LogP contribution is 2.14. The SMILES string of the molecule is CN(C(=O)OC(C)(C)C)C(Cc1ccccc1)C(=O)NC(CO)C(=O)OCc1ccccc1. The van der Waals surface area contributed by atoms with Gasteiger partial charge in [0, 0.05) is 13.5 Å². The van der Waals surface area contributed by atoms with Gasteiger partial charge in [0.1, 0.15) is 18.2 Å². The standard InChI is InChI=1S/C25H32N2O6/c1-25(2,3)33-24(31)27(4)21(15-18-11-7-5-8-12-18)22(29)26-20(16-28)23(30)32-17-19-13-9-6-10-14-19/h5-14,20-21,28H,15-17H2,1-4H3,(H,26,29). The number of ether oxygens (including phenoxy) is 2. The van der Waals surface area contributed by atoms with Crippen LogP contribution in [0.15, 0.2) is 60.7 Å². The zero-order chi connectivity index (χ0) is 24.4. The summed E-state index contributed by atoms with van der Waals surface area (Å²) in [6, 6.07) is 16.0. The largest absolute Gasteiger partial charge is 0.459 e. The van der Waals surface area contributed by atoms with Crippen LogP contribution in [0.3, 0.4) is 0 Å². The molecule has 0 spiro atoms. The summed E-state index contributed by atoms with van der Waals surface area (Å²) >= 11 is 0. The first-order valence-corrected chi connectivity index (χ1v) is 10.7. The Kier molecular flexibility index (Phi) is 9.42. The van der Waals surface area contributed by atoms with Crippen LogP contribution < -0.4 is 5.32 Å². The van der Waals surface area contributed by atoms with Gasteiger partial charge < -0.3 is 19.9 Å². The van der Waals surface area contributed by atoms with Gasteiger partial charge in [0.2, 0.25) is 5.91 Å². The summed E-state index contributed by atoms with van der Waals surface area (Å²) in [5.41, 5.74) is 0.856. The number of nitrogens with one attached hydrogen (secondary N) is 1. The van der Waals surface area contributed by atoms with Gasteiger partial charge in [0.15, 0.2) is 6.04 Å². The molecule has 178 valence electrons. The van der Waals surface area contributed by atoms with Crippen molar-refractivity contribution in [1.82, 2.24) is 10.2 Å². The van der Waals surface area contributed by atoms with Gasteiger partial charge in [-0.3, -0.25) is 9.69 Å². The van der Waals surface area contributed by atoms with E-state index in [0.717, 1.165) is 11.1 Å². The molecule has 0 saturated carbocycles. The first kappa shape index (κ1) is 25.9. The summed E-state index contributed by atoms with van der Waals surface area (Å²) in [4.78, 5) is 39.4. The molecule has 33 heavy (non-hydrogen) atoms. The minimum absolute atomic E-state index is 0.0112. The van der Waals surface area contributed by atoms with Gasteiger partial charge >= 0.3 is 12.1 Å². The third kappa shape index (κ3) is 8.57. The molecule has 0 aliphatic carbocycles. The number of aliphatic hydroxyl groups excluding tert-OH is 1. The fourth-order valence-electron chi connectivity index (χ4n) is 2.98. The number of hydrogen-bond acceptors (Lipinski definition) is 6. The number of esters is 1. The van der Waals surface area contributed by atoms with Crippen molar-refractivity contribution in [2.24, 2.45) is 0 Å². The second kappa shape index (κ2) is 12.0. The van der Waals surface area contributed by atoms with Gasteiger partial charge in [0.05, 0.1) is 6.61 Å². The molecular weight excluding hydrogens is 424 g/mol. The molecule has 2 unspecified atom stereocenters. The van der Waals surface area contributed by atoms with Crippen molar-refractivity contribution in [3.8, 4) is 0 Å². The average molecular weight is 457 g/mol. The van der Waals surface area contributed by atoms with E-state index >= 15 is 0 Å². The Labute approximate surface area is 194 Å². The van der Waals surface area contributed by atoms with E-state index in [1.807, 2.05) is 48.5 Å². The molecule has 0 bridgehead atoms. The van der Waals surface area contributed by atoms with Crippen LogP contribution in [0.5, 0.6) is 0 Å². The van der Waals surface area contributed by atoms with Crippen LogP contribution in [-0.2, 0) is 32.1 Å². The molecule has 2 aromatic rings. The van der Waals surface area contributed by atoms with Crippen molar-refractivity contribution in [2.45, 2.75) is 51.5 Å². The molecule has 8 nitrogen and oxygen atoms in total. The molecular formula is C25H32N2O6. The summed E-state index contributed by atoms with van der Waals surface area (Å²) in [5.74, 6) is -1.38. The molecule has 2 atom stereocenters. The van der Waals surface area contributed by atoms with Crippen LogP contribution in [0.25, 0.3) is 0 Å². The van der Waals surface area contributed by atoms with Crippen LogP contribution in [0, 0.1) is 0 Å². The Morgan fingerprint density at radius 3 is 2.03 bits per heavy atom. The predicted molar refractivity (Wildman–Crippen MR) is 123 cm³/mol. The number of rotatable bonds is 9. The lowest BCUT2D eigenvalue weighted by Gasteiger charge is -2.31. The lowest BCUT2D eigenvalue weighted by atomic mass is 10.0. The number of carbonyl (C=O) groups excluding carboxylic acids is 3. The van der Waals surface area contributed by atoms with E-state index in [-0.39, 0.29) is 13.0 Å². The van der Waals surface area contributed by atoms with E-state index in [1.165, 1.54) is 11.9 Å². The quantitative estimate of drug-likeness (QED) is 0.562. The highest BCUT2D eigenvalue weighted by atomic mass is 16.6. The zero-order valence-corrected chi connectivity index (χ0v) is 19.5. The maximum atomic E-state index is 13.1. The van der Waals surface area contributed by atoms with Gasteiger partial charge in [0.25, 0.3) is 0 Å². The Morgan fingerprint density at radius 2 is 1.52 bits per heavy atom. The van der Waals surface area contributed by atoms with Crippen molar-refractivity contribution >= 4 is 18.0 Å². The molecule has 2 rings (SSSR count). The van der Waals surface area contributed by atoms with Gasteiger partial charge in [-0.05, 0) is 31.9 Å². The maximum absolute atomic E-state index is 13.1. The minimum Gasteiger partial charge on any atom is -0.459 e. The van der Waals surface area contributed by atoms with Crippen molar-refractivity contribution in [3.63, 3.8) is 0 Å². The van der Waals surface area contributed by atoms with Gasteiger partial charge in [-0.15, -0.1) is 0 Å². The first-order chi connectivity index (χ1) is 15.6. The molecule has 8 heteroatoms. The number of hydrogen-bond donors (Lipinski definition) is 2. The molecule has 0 radical (unpaired) electrons. The van der Waals surface area contributed by atoms with E-state index in [2.05, 4.69) is 5.32 Å². The Bertz CT molecular complexity index is 911. The molecule has 0 aromatic heterocycles. The van der Waals surface area contributed by atoms with Gasteiger partial charge in [-0.2, -0.15) is 0 Å². The highest BCUT2D eigenvalue weighted by Gasteiger charge is 2.33. The third-order valence-corrected chi connectivity index (χ3v) is 4.73. The molecule has 2 aromatic carbocycles. The van der Waals surface area contributed by atoms with Crippen molar-refractivity contribution in [1.29, 1.82) is 0 Å². The van der Waals surface area contributed by atoms with E-state index in [9.17, 15) is 19.5 Å². The average Bonchev–Trinajstić information content (AvgIpc) is 2.79. The topological polar surface area (TPSA) is 105 Å². The highest BCUT2D eigenvalue weighted by molar-refractivity contribution is 5.90. The predicted octanol–water partition coefficient (Wildman–Crippen LogP) is 2.69. The normalized spacial score (nSPS) is 12.9. The van der Waals surface area contributed by atoms with E-state index < -0.39 is 42.3 Å². The Balaban J connectivity index is 2.12. The summed E-state index contributed by atoms with van der Waals surface area (Å²) in [6.45, 7) is 4.56. The van der Waals surface area contributed by atoms with Crippen molar-refractivity contribution < 1.29 is 29.0 Å². The molecule has 0 saturated heterocycles. The van der Waals surface area contributed by atoms with Crippen LogP contribution in [0.4, 0.5) is 4.79 Å². The number of carbonyl (C=O) groups is 3. The summed E-state index contributed by atoms with van der Waals surface area (Å²) in [5, 5.41) is 12.2. The van der Waals surface area contributed by atoms with E-state index in [0.29, 0.717) is 0 Å². The molecule has 0 aliphatic heterocycles. The zero-order valence-electron chi connectivity index (χ0n) is 19.5. The monoisotopic (exact) mass is 456 g/mol. The second-order valence-electron chi connectivity index (χ2n) is 8.63. The Morgan fingerprint density at radius 1 is 0.970 bits per heavy atom. The third-order valence-electron chi connectivity index (χ3n) is 4.73. The van der Waals surface area contributed by atoms with Crippen LogP contribution in [0.1, 0.15) is 31.9 Å². The molecule has 0 heterocycles. The molecule has 0 fully saturated rings. The van der Waals surface area contributed by atoms with Crippen molar-refractivity contribution in [3.05, 3.63) is 71.8 Å². The lowest BCUT2D eigenvalue weighted by molar-refractivity contribution is -0.150. The van der Waals surface area contributed by atoms with E-state index in [4.69, 9.17) is 9.47 Å². The number of nitrogens with zero attached hydrogens (tertiary/aromatic N) is 1. The molecule has 2 amide bonds. The number of amides is 2. The van der Waals surface area contributed by atoms with Crippen LogP contribution in [-0.4, -0.2) is 59.3 Å². The fourth-order valence-corrected chi connectivity index (χ4v) is 2.98. The summed E-state index contributed by atoms with van der Waals surface area (Å²) in [6.07, 6.45) is -0.481. The van der Waals surface area contributed by atoms with Crippen molar-refractivity contribution in [2.75, 3.05) is 13.7 Å². The van der Waals surface area contributed by atoms with E-state index in [1.54, 1.807) is 32.9 Å². The summed E-state index contributed by atoms with van der Waals surface area (Å²) < 4.78 is 10.6. The number of likely N-dealkylation sites (N-methyl/N-ethyl adjacent to an activating group) is 1. The molecule has 0 aliphatic rings. The fraction of sp³-hybridized carbons (Fsp3) is 0.400. The summed E-state index contributed by atoms with van der Waals surface area (Å²) in [7, 11) is 1.46. The maximum Gasteiger partial charge on any atom is 0.410 e. The Hall–Kier alpha value is -3.39. The lowest BCUT2D eigenvalue weighted by Crippen LogP contribution is -2.54. The van der Waals surface area contributed by atoms with Crippen LogP contribution >= 0.6 is 0 Å². The second-order valence-corrected chi connectivity index (χ2v) is 8.63. The van der Waals surface area contributed by atoms with Crippen LogP contribution in [0.2, 0.25) is 0 Å². The first-order valence-electron chi connectivity index (χ1n) is 10.7.